The highest BCUT2D eigenvalue weighted by atomic mass is 32.2. The van der Waals surface area contributed by atoms with E-state index >= 15 is 0 Å². The first-order valence-electron chi connectivity index (χ1n) is 10.6. The average molecular weight is 458 g/mol. The molecule has 1 atom stereocenters. The first-order chi connectivity index (χ1) is 14.8. The van der Waals surface area contributed by atoms with Gasteiger partial charge in [-0.15, -0.1) is 0 Å². The molecule has 0 aliphatic carbocycles. The molecule has 3 aromatic rings. The van der Waals surface area contributed by atoms with E-state index in [2.05, 4.69) is 37.1 Å². The number of anilines is 1. The van der Waals surface area contributed by atoms with Gasteiger partial charge in [-0.25, -0.2) is 13.4 Å². The molecule has 0 saturated carbocycles. The van der Waals surface area contributed by atoms with Crippen LogP contribution in [0.25, 0.3) is 10.2 Å². The van der Waals surface area contributed by atoms with E-state index in [9.17, 15) is 13.2 Å². The predicted molar refractivity (Wildman–Crippen MR) is 125 cm³/mol. The smallest absolute Gasteiger partial charge is 0.257 e. The maximum atomic E-state index is 12.9. The summed E-state index contributed by atoms with van der Waals surface area (Å²) in [6.07, 6.45) is 1.93. The Bertz CT molecular complexity index is 1200. The molecular weight excluding hydrogens is 430 g/mol. The molecule has 0 spiro atoms. The van der Waals surface area contributed by atoms with Crippen LogP contribution in [0.15, 0.2) is 47.4 Å². The molecule has 2 aromatic carbocycles. The van der Waals surface area contributed by atoms with Gasteiger partial charge in [0.05, 0.1) is 15.1 Å². The largest absolute Gasteiger partial charge is 0.298 e. The Morgan fingerprint density at radius 1 is 1.19 bits per heavy atom. The Labute approximate surface area is 187 Å². The second kappa shape index (κ2) is 8.68. The summed E-state index contributed by atoms with van der Waals surface area (Å²) in [6, 6.07) is 12.2. The number of rotatable bonds is 5. The van der Waals surface area contributed by atoms with Crippen molar-refractivity contribution in [2.75, 3.05) is 18.4 Å². The Hall–Kier alpha value is -2.29. The van der Waals surface area contributed by atoms with Gasteiger partial charge in [0.15, 0.2) is 5.13 Å². The molecule has 0 radical (unpaired) electrons. The molecule has 31 heavy (non-hydrogen) atoms. The van der Waals surface area contributed by atoms with Crippen molar-refractivity contribution in [3.63, 3.8) is 0 Å². The van der Waals surface area contributed by atoms with Crippen LogP contribution in [0.1, 0.15) is 55.5 Å². The molecule has 164 valence electrons. The highest BCUT2D eigenvalue weighted by Crippen LogP contribution is 2.32. The number of amides is 1. The van der Waals surface area contributed by atoms with Gasteiger partial charge in [-0.1, -0.05) is 44.2 Å². The number of carbonyl (C=O) groups is 1. The number of para-hydroxylation sites is 1. The van der Waals surface area contributed by atoms with Crippen LogP contribution in [-0.2, 0) is 10.0 Å². The number of aromatic nitrogens is 1. The minimum absolute atomic E-state index is 0.222. The van der Waals surface area contributed by atoms with E-state index in [1.165, 1.54) is 23.5 Å². The first kappa shape index (κ1) is 21.9. The standard InChI is InChI=1S/C23H27N3O3S2/c1-15(2)19-7-4-8-20-21(19)24-23(30-20)25-22(27)17-9-11-18(12-10-17)31(28,29)26-13-5-6-16(3)14-26/h4,7-12,15-16H,5-6,13-14H2,1-3H3,(H,24,25,27). The molecule has 6 nitrogen and oxygen atoms in total. The third-order valence-corrected chi connectivity index (χ3v) is 8.48. The maximum absolute atomic E-state index is 12.9. The molecule has 1 unspecified atom stereocenters. The van der Waals surface area contributed by atoms with Gasteiger partial charge >= 0.3 is 0 Å². The van der Waals surface area contributed by atoms with Gasteiger partial charge in [-0.3, -0.25) is 10.1 Å². The number of nitrogens with one attached hydrogen (secondary N) is 1. The maximum Gasteiger partial charge on any atom is 0.257 e. The number of sulfonamides is 1. The zero-order valence-corrected chi connectivity index (χ0v) is 19.6. The minimum atomic E-state index is -3.54. The van der Waals surface area contributed by atoms with E-state index < -0.39 is 10.0 Å². The van der Waals surface area contributed by atoms with Crippen molar-refractivity contribution in [2.45, 2.75) is 44.4 Å². The average Bonchev–Trinajstić information content (AvgIpc) is 3.16. The Morgan fingerprint density at radius 2 is 1.94 bits per heavy atom. The summed E-state index contributed by atoms with van der Waals surface area (Å²) >= 11 is 1.43. The van der Waals surface area contributed by atoms with Crippen molar-refractivity contribution in [3.8, 4) is 0 Å². The van der Waals surface area contributed by atoms with E-state index in [0.29, 0.717) is 35.6 Å². The summed E-state index contributed by atoms with van der Waals surface area (Å²) in [4.78, 5) is 17.5. The van der Waals surface area contributed by atoms with Crippen LogP contribution >= 0.6 is 11.3 Å². The first-order valence-corrected chi connectivity index (χ1v) is 12.8. The van der Waals surface area contributed by atoms with Crippen LogP contribution in [0.3, 0.4) is 0 Å². The summed E-state index contributed by atoms with van der Waals surface area (Å²) in [7, 11) is -3.54. The molecule has 1 aliphatic heterocycles. The van der Waals surface area contributed by atoms with Gasteiger partial charge < -0.3 is 0 Å². The van der Waals surface area contributed by atoms with Crippen LogP contribution in [0.2, 0.25) is 0 Å². The van der Waals surface area contributed by atoms with Gasteiger partial charge in [0.25, 0.3) is 5.91 Å². The number of benzene rings is 2. The molecular formula is C23H27N3O3S2. The van der Waals surface area contributed by atoms with E-state index in [1.54, 1.807) is 16.4 Å². The van der Waals surface area contributed by atoms with Gasteiger partial charge in [0.1, 0.15) is 0 Å². The van der Waals surface area contributed by atoms with Crippen molar-refractivity contribution < 1.29 is 13.2 Å². The molecule has 1 fully saturated rings. The normalized spacial score (nSPS) is 17.9. The summed E-state index contributed by atoms with van der Waals surface area (Å²) in [5.74, 6) is 0.394. The SMILES string of the molecule is CC1CCCN(S(=O)(=O)c2ccc(C(=O)Nc3nc4c(C(C)C)cccc4s3)cc2)C1. The minimum Gasteiger partial charge on any atom is -0.298 e. The van der Waals surface area contributed by atoms with Crippen molar-refractivity contribution >= 4 is 42.6 Å². The number of carbonyl (C=O) groups excluding carboxylic acids is 1. The molecule has 1 N–H and O–H groups in total. The summed E-state index contributed by atoms with van der Waals surface area (Å²) in [5, 5.41) is 3.38. The summed E-state index contributed by atoms with van der Waals surface area (Å²) in [5.41, 5.74) is 2.46. The fraction of sp³-hybridized carbons (Fsp3) is 0.391. The number of nitrogens with zero attached hydrogens (tertiary/aromatic N) is 2. The molecule has 1 saturated heterocycles. The molecule has 8 heteroatoms. The van der Waals surface area contributed by atoms with Gasteiger partial charge in [0.2, 0.25) is 10.0 Å². The van der Waals surface area contributed by atoms with E-state index in [4.69, 9.17) is 0 Å². The van der Waals surface area contributed by atoms with Crippen molar-refractivity contribution in [1.82, 2.24) is 9.29 Å². The number of thiazole rings is 1. The lowest BCUT2D eigenvalue weighted by atomic mass is 10.0. The molecule has 1 aliphatic rings. The zero-order chi connectivity index (χ0) is 22.2. The molecule has 2 heterocycles. The molecule has 0 bridgehead atoms. The zero-order valence-electron chi connectivity index (χ0n) is 18.0. The van der Waals surface area contributed by atoms with Crippen LogP contribution in [0, 0.1) is 5.92 Å². The van der Waals surface area contributed by atoms with E-state index in [0.717, 1.165) is 28.6 Å². The third-order valence-electron chi connectivity index (χ3n) is 5.67. The lowest BCUT2D eigenvalue weighted by Crippen LogP contribution is -2.39. The lowest BCUT2D eigenvalue weighted by molar-refractivity contribution is 0.102. The van der Waals surface area contributed by atoms with Crippen molar-refractivity contribution in [1.29, 1.82) is 0 Å². The summed E-state index contributed by atoms with van der Waals surface area (Å²) < 4.78 is 28.4. The predicted octanol–water partition coefficient (Wildman–Crippen LogP) is 5.09. The second-order valence-electron chi connectivity index (χ2n) is 8.46. The molecule has 4 rings (SSSR count). The van der Waals surface area contributed by atoms with Crippen LogP contribution in [0.4, 0.5) is 5.13 Å². The highest BCUT2D eigenvalue weighted by molar-refractivity contribution is 7.89. The highest BCUT2D eigenvalue weighted by Gasteiger charge is 2.28. The van der Waals surface area contributed by atoms with Crippen LogP contribution in [0.5, 0.6) is 0 Å². The van der Waals surface area contributed by atoms with E-state index in [1.807, 2.05) is 12.1 Å². The number of fused-ring (bicyclic) bond motifs is 1. The van der Waals surface area contributed by atoms with Crippen molar-refractivity contribution in [3.05, 3.63) is 53.6 Å². The van der Waals surface area contributed by atoms with Gasteiger partial charge in [0, 0.05) is 18.7 Å². The van der Waals surface area contributed by atoms with Crippen LogP contribution in [-0.4, -0.2) is 36.7 Å². The monoisotopic (exact) mass is 457 g/mol. The topological polar surface area (TPSA) is 79.4 Å². The number of piperidine rings is 1. The number of hydrogen-bond acceptors (Lipinski definition) is 5. The van der Waals surface area contributed by atoms with Crippen LogP contribution < -0.4 is 5.32 Å². The molecule has 1 aromatic heterocycles. The van der Waals surface area contributed by atoms with Crippen molar-refractivity contribution in [2.24, 2.45) is 5.92 Å². The number of hydrogen-bond donors (Lipinski definition) is 1. The van der Waals surface area contributed by atoms with E-state index in [-0.39, 0.29) is 10.8 Å². The fourth-order valence-corrected chi connectivity index (χ4v) is 6.44. The molecule has 1 amide bonds. The Balaban J connectivity index is 1.51. The van der Waals surface area contributed by atoms with Gasteiger partial charge in [-0.2, -0.15) is 4.31 Å². The Morgan fingerprint density at radius 3 is 2.61 bits per heavy atom. The fourth-order valence-electron chi connectivity index (χ4n) is 3.95. The third kappa shape index (κ3) is 4.51. The quantitative estimate of drug-likeness (QED) is 0.579. The summed E-state index contributed by atoms with van der Waals surface area (Å²) in [6.45, 7) is 7.39. The second-order valence-corrected chi connectivity index (χ2v) is 11.4. The lowest BCUT2D eigenvalue weighted by Gasteiger charge is -2.30. The van der Waals surface area contributed by atoms with Gasteiger partial charge in [-0.05, 0) is 60.6 Å². The Kier molecular flexibility index (Phi) is 6.14.